The van der Waals surface area contributed by atoms with E-state index in [1.165, 1.54) is 25.1 Å². The lowest BCUT2D eigenvalue weighted by Gasteiger charge is -2.43. The van der Waals surface area contributed by atoms with Crippen LogP contribution in [0.4, 0.5) is 5.69 Å². The van der Waals surface area contributed by atoms with Gasteiger partial charge in [0.25, 0.3) is 5.69 Å². The Labute approximate surface area is 149 Å². The molecular formula is C17H19N3O6. The first-order valence-corrected chi connectivity index (χ1v) is 8.26. The van der Waals surface area contributed by atoms with Gasteiger partial charge in [-0.05, 0) is 19.4 Å². The van der Waals surface area contributed by atoms with E-state index in [9.17, 15) is 24.8 Å². The molecule has 4 atom stereocenters. The van der Waals surface area contributed by atoms with E-state index in [4.69, 9.17) is 4.74 Å². The fourth-order valence-corrected chi connectivity index (χ4v) is 3.86. The molecule has 1 aliphatic heterocycles. The van der Waals surface area contributed by atoms with Gasteiger partial charge in [0.15, 0.2) is 0 Å². The van der Waals surface area contributed by atoms with E-state index in [0.717, 1.165) is 0 Å². The number of aliphatic hydroxyl groups is 1. The van der Waals surface area contributed by atoms with E-state index in [-0.39, 0.29) is 18.7 Å². The van der Waals surface area contributed by atoms with Crippen LogP contribution in [0.2, 0.25) is 0 Å². The third-order valence-corrected chi connectivity index (χ3v) is 4.88. The molecule has 1 amide bonds. The summed E-state index contributed by atoms with van der Waals surface area (Å²) in [5, 5.41) is 26.0. The van der Waals surface area contributed by atoms with E-state index in [1.807, 2.05) is 0 Å². The number of hydrogen-bond donors (Lipinski definition) is 2. The second-order valence-electron chi connectivity index (χ2n) is 6.70. The van der Waals surface area contributed by atoms with E-state index in [0.29, 0.717) is 11.3 Å². The third-order valence-electron chi connectivity index (χ3n) is 4.88. The lowest BCUT2D eigenvalue weighted by Crippen LogP contribution is -2.54. The van der Waals surface area contributed by atoms with E-state index >= 15 is 0 Å². The second-order valence-corrected chi connectivity index (χ2v) is 6.70. The van der Waals surface area contributed by atoms with Gasteiger partial charge < -0.3 is 9.84 Å². The molecule has 0 saturated heterocycles. The van der Waals surface area contributed by atoms with E-state index in [1.54, 1.807) is 13.0 Å². The van der Waals surface area contributed by atoms with Crippen molar-refractivity contribution in [3.8, 4) is 0 Å². The number of non-ortho nitro benzene ring substituents is 1. The Kier molecular flexibility index (Phi) is 4.49. The summed E-state index contributed by atoms with van der Waals surface area (Å²) in [6, 6.07) is 5.74. The standard InChI is InChI=1S/C17H19N3O6/c1-3-26-16(22)14-12(9-5-4-6-10(7-9)20(24)25)13-11(8-17(14,2)23)18-19-15(13)21/h4-7,12-14,23H,3,8H2,1-2H3,(H,19,21)/t12-,13-,14+,17-/m1/s1. The maximum Gasteiger partial charge on any atom is 0.312 e. The normalized spacial score (nSPS) is 30.2. The third kappa shape index (κ3) is 2.94. The van der Waals surface area contributed by atoms with Gasteiger partial charge in [-0.1, -0.05) is 12.1 Å². The number of hydrogen-bond acceptors (Lipinski definition) is 7. The molecule has 1 aromatic rings. The molecule has 1 aromatic carbocycles. The maximum atomic E-state index is 12.6. The van der Waals surface area contributed by atoms with Gasteiger partial charge in [-0.25, -0.2) is 5.43 Å². The zero-order valence-electron chi connectivity index (χ0n) is 14.3. The molecular weight excluding hydrogens is 342 g/mol. The summed E-state index contributed by atoms with van der Waals surface area (Å²) >= 11 is 0. The zero-order valence-corrected chi connectivity index (χ0v) is 14.3. The molecule has 2 aliphatic rings. The molecule has 0 unspecified atom stereocenters. The minimum Gasteiger partial charge on any atom is -0.466 e. The van der Waals surface area contributed by atoms with Gasteiger partial charge in [0.05, 0.1) is 34.7 Å². The fourth-order valence-electron chi connectivity index (χ4n) is 3.86. The molecule has 0 bridgehead atoms. The first-order chi connectivity index (χ1) is 12.3. The smallest absolute Gasteiger partial charge is 0.312 e. The van der Waals surface area contributed by atoms with Gasteiger partial charge in [-0.2, -0.15) is 5.10 Å². The molecule has 1 aliphatic carbocycles. The van der Waals surface area contributed by atoms with Crippen molar-refractivity contribution < 1.29 is 24.4 Å². The van der Waals surface area contributed by atoms with Crippen molar-refractivity contribution in [1.29, 1.82) is 0 Å². The van der Waals surface area contributed by atoms with E-state index < -0.39 is 40.2 Å². The number of nitrogens with one attached hydrogen (secondary N) is 1. The van der Waals surface area contributed by atoms with Crippen LogP contribution in [-0.4, -0.2) is 39.8 Å². The van der Waals surface area contributed by atoms with Crippen LogP contribution in [0.3, 0.4) is 0 Å². The summed E-state index contributed by atoms with van der Waals surface area (Å²) in [4.78, 5) is 35.6. The molecule has 2 N–H and O–H groups in total. The van der Waals surface area contributed by atoms with Gasteiger partial charge in [0.1, 0.15) is 0 Å². The van der Waals surface area contributed by atoms with Crippen LogP contribution < -0.4 is 5.43 Å². The molecule has 138 valence electrons. The summed E-state index contributed by atoms with van der Waals surface area (Å²) in [5.74, 6) is -3.71. The van der Waals surface area contributed by atoms with Crippen molar-refractivity contribution in [3.63, 3.8) is 0 Å². The average molecular weight is 361 g/mol. The summed E-state index contributed by atoms with van der Waals surface area (Å²) in [6.45, 7) is 3.25. The number of fused-ring (bicyclic) bond motifs is 1. The summed E-state index contributed by atoms with van der Waals surface area (Å²) in [6.07, 6.45) is 0.0331. The van der Waals surface area contributed by atoms with Crippen LogP contribution in [0.25, 0.3) is 0 Å². The zero-order chi connectivity index (χ0) is 19.1. The highest BCUT2D eigenvalue weighted by Crippen LogP contribution is 2.48. The number of amides is 1. The number of ether oxygens (including phenoxy) is 1. The molecule has 9 heteroatoms. The lowest BCUT2D eigenvalue weighted by molar-refractivity contribution is -0.385. The number of nitro benzene ring substituents is 1. The van der Waals surface area contributed by atoms with Crippen LogP contribution in [0.1, 0.15) is 31.7 Å². The van der Waals surface area contributed by atoms with Crippen molar-refractivity contribution in [2.75, 3.05) is 6.61 Å². The number of hydrazone groups is 1. The molecule has 0 radical (unpaired) electrons. The van der Waals surface area contributed by atoms with Crippen LogP contribution in [0.15, 0.2) is 29.4 Å². The highest BCUT2D eigenvalue weighted by Gasteiger charge is 2.57. The molecule has 1 heterocycles. The Balaban J connectivity index is 2.15. The number of esters is 1. The minimum atomic E-state index is -1.51. The number of nitrogens with zero attached hydrogens (tertiary/aromatic N) is 2. The minimum absolute atomic E-state index is 0.0331. The van der Waals surface area contributed by atoms with Gasteiger partial charge in [0.2, 0.25) is 5.91 Å². The first kappa shape index (κ1) is 18.0. The monoisotopic (exact) mass is 361 g/mol. The number of nitro groups is 1. The van der Waals surface area contributed by atoms with Crippen LogP contribution in [0.5, 0.6) is 0 Å². The van der Waals surface area contributed by atoms with Crippen LogP contribution in [-0.2, 0) is 14.3 Å². The number of carbonyl (C=O) groups is 2. The number of rotatable bonds is 4. The van der Waals surface area contributed by atoms with Crippen molar-refractivity contribution in [3.05, 3.63) is 39.9 Å². The van der Waals surface area contributed by atoms with Gasteiger partial charge in [-0.3, -0.25) is 19.7 Å². The second kappa shape index (κ2) is 6.49. The molecule has 0 spiro atoms. The topological polar surface area (TPSA) is 131 Å². The van der Waals surface area contributed by atoms with Gasteiger partial charge in [-0.15, -0.1) is 0 Å². The molecule has 3 rings (SSSR count). The SMILES string of the molecule is CCOC(=O)[C@@H]1[C@H](c2cccc([N+](=O)[O-])c2)[C@@H]2C(=O)NN=C2C[C@@]1(C)O. The summed E-state index contributed by atoms with van der Waals surface area (Å²) < 4.78 is 5.13. The summed E-state index contributed by atoms with van der Waals surface area (Å²) in [5.41, 5.74) is 1.55. The first-order valence-electron chi connectivity index (χ1n) is 8.26. The van der Waals surface area contributed by atoms with Crippen molar-refractivity contribution in [2.24, 2.45) is 16.9 Å². The number of benzene rings is 1. The Bertz CT molecular complexity index is 803. The predicted octanol–water partition coefficient (Wildman–Crippen LogP) is 1.11. The van der Waals surface area contributed by atoms with Crippen molar-refractivity contribution >= 4 is 23.3 Å². The van der Waals surface area contributed by atoms with Crippen molar-refractivity contribution in [1.82, 2.24) is 5.43 Å². The molecule has 1 saturated carbocycles. The fraction of sp³-hybridized carbons (Fsp3) is 0.471. The van der Waals surface area contributed by atoms with E-state index in [2.05, 4.69) is 10.5 Å². The van der Waals surface area contributed by atoms with Gasteiger partial charge >= 0.3 is 5.97 Å². The Hall–Kier alpha value is -2.81. The van der Waals surface area contributed by atoms with Gasteiger partial charge in [0, 0.05) is 24.5 Å². The highest BCUT2D eigenvalue weighted by molar-refractivity contribution is 6.10. The molecule has 1 fully saturated rings. The molecule has 26 heavy (non-hydrogen) atoms. The van der Waals surface area contributed by atoms with Crippen LogP contribution >= 0.6 is 0 Å². The molecule has 9 nitrogen and oxygen atoms in total. The Morgan fingerprint density at radius 3 is 2.92 bits per heavy atom. The quantitative estimate of drug-likeness (QED) is 0.469. The van der Waals surface area contributed by atoms with Crippen LogP contribution in [0, 0.1) is 22.0 Å². The predicted molar refractivity (Wildman–Crippen MR) is 90.3 cm³/mol. The van der Waals surface area contributed by atoms with Crippen molar-refractivity contribution in [2.45, 2.75) is 31.8 Å². The lowest BCUT2D eigenvalue weighted by atomic mass is 9.61. The molecule has 0 aromatic heterocycles. The average Bonchev–Trinajstić information content (AvgIpc) is 2.93. The highest BCUT2D eigenvalue weighted by atomic mass is 16.6. The Morgan fingerprint density at radius 1 is 1.54 bits per heavy atom. The maximum absolute atomic E-state index is 12.6. The summed E-state index contributed by atoms with van der Waals surface area (Å²) in [7, 11) is 0. The largest absolute Gasteiger partial charge is 0.466 e. The Morgan fingerprint density at radius 2 is 2.27 bits per heavy atom. The number of carbonyl (C=O) groups excluding carboxylic acids is 2.